The van der Waals surface area contributed by atoms with Gasteiger partial charge in [0.15, 0.2) is 8.32 Å². The Labute approximate surface area is 215 Å². The summed E-state index contributed by atoms with van der Waals surface area (Å²) in [5, 5.41) is 0.650. The normalized spacial score (nSPS) is 18.3. The van der Waals surface area contributed by atoms with Crippen molar-refractivity contribution < 1.29 is 18.8 Å². The molecule has 190 valence electrons. The van der Waals surface area contributed by atoms with Crippen LogP contribution >= 0.6 is 11.6 Å². The van der Waals surface area contributed by atoms with Crippen LogP contribution in [0.5, 0.6) is 0 Å². The molecule has 35 heavy (non-hydrogen) atoms. The number of hydrogen-bond donors (Lipinski definition) is 0. The molecule has 0 aliphatic carbocycles. The lowest BCUT2D eigenvalue weighted by molar-refractivity contribution is -0.137. The van der Waals surface area contributed by atoms with Crippen LogP contribution in [0.3, 0.4) is 0 Å². The zero-order chi connectivity index (χ0) is 26.1. The van der Waals surface area contributed by atoms with Crippen molar-refractivity contribution in [1.82, 2.24) is 4.90 Å². The number of benzene rings is 2. The van der Waals surface area contributed by atoms with Crippen molar-refractivity contribution in [3.05, 3.63) is 69.2 Å². The number of esters is 1. The molecule has 0 bridgehead atoms. The Morgan fingerprint density at radius 2 is 1.80 bits per heavy atom. The lowest BCUT2D eigenvalue weighted by atomic mass is 9.85. The van der Waals surface area contributed by atoms with E-state index in [4.69, 9.17) is 20.8 Å². The van der Waals surface area contributed by atoms with E-state index in [2.05, 4.69) is 33.9 Å². The highest BCUT2D eigenvalue weighted by Gasteiger charge is 2.41. The van der Waals surface area contributed by atoms with Crippen LogP contribution in [-0.2, 0) is 26.8 Å². The SMILES string of the molecule is COC(=O)c1cccc2c1C[C@H](CO[Si](C)(C)C(C)(C)C)N(C(=O)Cc1c(C)cccc1Cl)[C@H]2C. The molecule has 0 radical (unpaired) electrons. The van der Waals surface area contributed by atoms with E-state index < -0.39 is 8.32 Å². The van der Waals surface area contributed by atoms with E-state index in [0.29, 0.717) is 23.6 Å². The van der Waals surface area contributed by atoms with Gasteiger partial charge in [-0.25, -0.2) is 4.79 Å². The second-order valence-corrected chi connectivity index (χ2v) is 16.2. The van der Waals surface area contributed by atoms with Crippen LogP contribution in [0.1, 0.15) is 66.3 Å². The molecule has 0 aromatic heterocycles. The minimum absolute atomic E-state index is 0.00616. The molecule has 0 saturated carbocycles. The zero-order valence-corrected chi connectivity index (χ0v) is 24.0. The van der Waals surface area contributed by atoms with Crippen LogP contribution in [-0.4, -0.2) is 44.9 Å². The summed E-state index contributed by atoms with van der Waals surface area (Å²) in [6, 6.07) is 10.9. The number of amides is 1. The molecule has 1 aliphatic heterocycles. The number of halogens is 1. The number of aryl methyl sites for hydroxylation is 1. The molecule has 2 atom stereocenters. The van der Waals surface area contributed by atoms with Crippen molar-refractivity contribution in [2.75, 3.05) is 13.7 Å². The van der Waals surface area contributed by atoms with Crippen LogP contribution in [0.25, 0.3) is 0 Å². The number of methoxy groups -OCH3 is 1. The minimum Gasteiger partial charge on any atom is -0.465 e. The third kappa shape index (κ3) is 5.65. The summed E-state index contributed by atoms with van der Waals surface area (Å²) >= 11 is 6.47. The molecule has 1 amide bonds. The molecule has 0 fully saturated rings. The molecular formula is C28H38ClNO4Si. The molecule has 0 N–H and O–H groups in total. The van der Waals surface area contributed by atoms with Crippen molar-refractivity contribution in [3.8, 4) is 0 Å². The molecule has 1 aliphatic rings. The second-order valence-electron chi connectivity index (χ2n) is 11.0. The van der Waals surface area contributed by atoms with Gasteiger partial charge in [0.1, 0.15) is 0 Å². The topological polar surface area (TPSA) is 55.8 Å². The molecular weight excluding hydrogens is 478 g/mol. The van der Waals surface area contributed by atoms with E-state index in [9.17, 15) is 9.59 Å². The molecule has 0 saturated heterocycles. The van der Waals surface area contributed by atoms with Crippen molar-refractivity contribution in [2.24, 2.45) is 0 Å². The second kappa shape index (κ2) is 10.5. The highest BCUT2D eigenvalue weighted by molar-refractivity contribution is 6.74. The Morgan fingerprint density at radius 3 is 2.40 bits per heavy atom. The standard InChI is InChI=1S/C28H38ClNO4Si/c1-18-11-9-14-25(29)23(18)16-26(31)30-19(2)21-12-10-13-22(27(32)33-6)24(21)15-20(30)17-34-35(7,8)28(3,4)5/h9-14,19-20H,15-17H2,1-8H3/t19-,20+/m0/s1. The van der Waals surface area contributed by atoms with Gasteiger partial charge in [-0.1, -0.05) is 56.6 Å². The third-order valence-electron chi connectivity index (χ3n) is 7.73. The summed E-state index contributed by atoms with van der Waals surface area (Å²) in [7, 11) is -0.655. The van der Waals surface area contributed by atoms with E-state index in [1.165, 1.54) is 7.11 Å². The first kappa shape index (κ1) is 27.4. The fourth-order valence-electron chi connectivity index (χ4n) is 4.54. The van der Waals surface area contributed by atoms with Crippen LogP contribution in [0.2, 0.25) is 23.2 Å². The number of carbonyl (C=O) groups excluding carboxylic acids is 2. The number of nitrogens with zero attached hydrogens (tertiary/aromatic N) is 1. The Hall–Kier alpha value is -2.15. The van der Waals surface area contributed by atoms with Gasteiger partial charge in [-0.15, -0.1) is 0 Å². The zero-order valence-electron chi connectivity index (χ0n) is 22.2. The average Bonchev–Trinajstić information content (AvgIpc) is 2.78. The van der Waals surface area contributed by atoms with Gasteiger partial charge < -0.3 is 14.1 Å². The first-order valence-electron chi connectivity index (χ1n) is 12.2. The fraction of sp³-hybridized carbons (Fsp3) is 0.500. The third-order valence-corrected chi connectivity index (χ3v) is 12.6. The molecule has 0 spiro atoms. The van der Waals surface area contributed by atoms with E-state index >= 15 is 0 Å². The van der Waals surface area contributed by atoms with Crippen LogP contribution < -0.4 is 0 Å². The highest BCUT2D eigenvalue weighted by atomic mass is 35.5. The number of hydrogen-bond acceptors (Lipinski definition) is 4. The summed E-state index contributed by atoms with van der Waals surface area (Å²) in [5.74, 6) is -0.351. The Balaban J connectivity index is 2.01. The molecule has 0 unspecified atom stereocenters. The fourth-order valence-corrected chi connectivity index (χ4v) is 5.87. The van der Waals surface area contributed by atoms with Crippen molar-refractivity contribution in [1.29, 1.82) is 0 Å². The van der Waals surface area contributed by atoms with Crippen molar-refractivity contribution >= 4 is 31.8 Å². The van der Waals surface area contributed by atoms with E-state index in [0.717, 1.165) is 22.3 Å². The van der Waals surface area contributed by atoms with Gasteiger partial charge in [-0.2, -0.15) is 0 Å². The Morgan fingerprint density at radius 1 is 1.14 bits per heavy atom. The largest absolute Gasteiger partial charge is 0.465 e. The smallest absolute Gasteiger partial charge is 0.338 e. The summed E-state index contributed by atoms with van der Waals surface area (Å²) in [6.45, 7) is 15.5. The lowest BCUT2D eigenvalue weighted by Gasteiger charge is -2.45. The summed E-state index contributed by atoms with van der Waals surface area (Å²) in [6.07, 6.45) is 0.755. The number of carbonyl (C=O) groups is 2. The Kier molecular flexibility index (Phi) is 8.19. The highest BCUT2D eigenvalue weighted by Crippen LogP contribution is 2.39. The molecule has 2 aromatic rings. The first-order chi connectivity index (χ1) is 16.3. The maximum atomic E-state index is 13.8. The maximum Gasteiger partial charge on any atom is 0.338 e. The van der Waals surface area contributed by atoms with Gasteiger partial charge in [-0.3, -0.25) is 4.79 Å². The molecule has 5 nitrogen and oxygen atoms in total. The predicted octanol–water partition coefficient (Wildman–Crippen LogP) is 6.51. The summed E-state index contributed by atoms with van der Waals surface area (Å²) in [4.78, 5) is 28.3. The van der Waals surface area contributed by atoms with Gasteiger partial charge in [0.25, 0.3) is 0 Å². The van der Waals surface area contributed by atoms with Gasteiger partial charge in [0.2, 0.25) is 5.91 Å². The lowest BCUT2D eigenvalue weighted by Crippen LogP contribution is -2.52. The summed E-state index contributed by atoms with van der Waals surface area (Å²) < 4.78 is 11.7. The van der Waals surface area contributed by atoms with Gasteiger partial charge in [0.05, 0.1) is 37.8 Å². The van der Waals surface area contributed by atoms with E-state index in [1.807, 2.05) is 49.1 Å². The van der Waals surface area contributed by atoms with Crippen molar-refractivity contribution in [3.63, 3.8) is 0 Å². The van der Waals surface area contributed by atoms with Gasteiger partial charge in [-0.05, 0) is 72.8 Å². The predicted molar refractivity (Wildman–Crippen MR) is 144 cm³/mol. The van der Waals surface area contributed by atoms with Crippen LogP contribution in [0, 0.1) is 6.92 Å². The Bertz CT molecular complexity index is 1090. The van der Waals surface area contributed by atoms with Gasteiger partial charge in [0, 0.05) is 5.02 Å². The van der Waals surface area contributed by atoms with Gasteiger partial charge >= 0.3 is 5.97 Å². The molecule has 1 heterocycles. The van der Waals surface area contributed by atoms with Crippen LogP contribution in [0.4, 0.5) is 0 Å². The van der Waals surface area contributed by atoms with E-state index in [1.54, 1.807) is 6.07 Å². The van der Waals surface area contributed by atoms with E-state index in [-0.39, 0.29) is 35.4 Å². The number of ether oxygens (including phenoxy) is 1. The monoisotopic (exact) mass is 515 g/mol. The summed E-state index contributed by atoms with van der Waals surface area (Å²) in [5.41, 5.74) is 4.32. The molecule has 7 heteroatoms. The minimum atomic E-state index is -2.05. The number of fused-ring (bicyclic) bond motifs is 1. The quantitative estimate of drug-likeness (QED) is 0.325. The van der Waals surface area contributed by atoms with Crippen LogP contribution in [0.15, 0.2) is 36.4 Å². The molecule has 2 aromatic carbocycles. The number of rotatable bonds is 6. The average molecular weight is 516 g/mol. The van der Waals surface area contributed by atoms with Crippen molar-refractivity contribution in [2.45, 2.75) is 77.7 Å². The maximum absolute atomic E-state index is 13.8. The molecule has 3 rings (SSSR count). The first-order valence-corrected chi connectivity index (χ1v) is 15.5.